The number of hydrogen-bond donors (Lipinski definition) is 0. The van der Waals surface area contributed by atoms with Gasteiger partial charge in [-0.25, -0.2) is 0 Å². The minimum absolute atomic E-state index is 0. The van der Waals surface area contributed by atoms with Gasteiger partial charge < -0.3 is 16.9 Å². The zero-order valence-corrected chi connectivity index (χ0v) is 8.50. The largest absolute Gasteiger partial charge is 1.00 e. The fourth-order valence-electron chi connectivity index (χ4n) is 0.400. The minimum atomic E-state index is 0. The molecule has 0 aliphatic carbocycles. The molecule has 0 fully saturated rings. The first-order valence-corrected chi connectivity index (χ1v) is 3.42. The van der Waals surface area contributed by atoms with Crippen molar-refractivity contribution in [3.8, 4) is 0 Å². The highest BCUT2D eigenvalue weighted by Crippen LogP contribution is 1.99. The molecule has 62 valence electrons. The molecule has 0 aromatic carbocycles. The van der Waals surface area contributed by atoms with Crippen molar-refractivity contribution in [3.05, 3.63) is 11.1 Å². The van der Waals surface area contributed by atoms with Gasteiger partial charge in [0.05, 0.1) is 27.7 Å². The molecule has 0 saturated carbocycles. The van der Waals surface area contributed by atoms with E-state index in [1.54, 1.807) is 0 Å². The number of nitrogens with zero attached hydrogens (tertiary/aromatic N) is 1. The van der Waals surface area contributed by atoms with Crippen molar-refractivity contribution in [2.75, 3.05) is 27.7 Å². The zero-order chi connectivity index (χ0) is 7.49. The molecule has 0 aromatic rings. The highest BCUT2D eigenvalue weighted by atomic mass is 35.5. The Bertz CT molecular complexity index is 109. The summed E-state index contributed by atoms with van der Waals surface area (Å²) in [4.78, 5) is 0. The highest BCUT2D eigenvalue weighted by Gasteiger charge is 2.01. The molecule has 1 nitrogen and oxygen atoms in total. The summed E-state index contributed by atoms with van der Waals surface area (Å²) < 4.78 is 0.935. The third-order valence-electron chi connectivity index (χ3n) is 0.920. The first kappa shape index (κ1) is 12.9. The fourth-order valence-corrected chi connectivity index (χ4v) is 0.469. The van der Waals surface area contributed by atoms with E-state index in [1.165, 1.54) is 0 Å². The van der Waals surface area contributed by atoms with Crippen molar-refractivity contribution < 1.29 is 16.9 Å². The molecule has 0 bridgehead atoms. The van der Waals surface area contributed by atoms with Gasteiger partial charge in [-0.3, -0.25) is 0 Å². The van der Waals surface area contributed by atoms with Crippen LogP contribution in [0.2, 0.25) is 0 Å². The van der Waals surface area contributed by atoms with Gasteiger partial charge in [0.15, 0.2) is 0 Å². The molecule has 0 aromatic heterocycles. The summed E-state index contributed by atoms with van der Waals surface area (Å²) in [5.74, 6) is 0. The number of likely N-dealkylation sites (N-methyl/N-ethyl adjacent to an activating group) is 1. The van der Waals surface area contributed by atoms with Crippen molar-refractivity contribution in [3.63, 3.8) is 0 Å². The van der Waals surface area contributed by atoms with Gasteiger partial charge in [0.2, 0.25) is 0 Å². The SMILES string of the molecule is CC(Cl)=CC[N+](C)(C)C.[Cl-]. The molecular weight excluding hydrogens is 169 g/mol. The van der Waals surface area contributed by atoms with Crippen molar-refractivity contribution in [2.45, 2.75) is 6.92 Å². The third kappa shape index (κ3) is 11.1. The van der Waals surface area contributed by atoms with Gasteiger partial charge >= 0.3 is 0 Å². The van der Waals surface area contributed by atoms with Gasteiger partial charge in [-0.05, 0) is 13.0 Å². The fraction of sp³-hybridized carbons (Fsp3) is 0.714. The maximum Gasteiger partial charge on any atom is 0.0981 e. The van der Waals surface area contributed by atoms with Crippen LogP contribution in [0.15, 0.2) is 11.1 Å². The summed E-state index contributed by atoms with van der Waals surface area (Å²) in [5, 5.41) is 0.878. The molecule has 0 radical (unpaired) electrons. The standard InChI is InChI=1S/C7H15ClN.ClH/c1-7(8)5-6-9(2,3)4;/h5H,6H2,1-4H3;1H/q+1;/p-1. The summed E-state index contributed by atoms with van der Waals surface area (Å²) in [5.41, 5.74) is 0. The average molecular weight is 184 g/mol. The molecule has 0 aliphatic heterocycles. The van der Waals surface area contributed by atoms with E-state index in [0.29, 0.717) is 0 Å². The molecule has 0 aliphatic rings. The molecule has 3 heteroatoms. The van der Waals surface area contributed by atoms with Crippen LogP contribution in [0.4, 0.5) is 0 Å². The monoisotopic (exact) mass is 183 g/mol. The van der Waals surface area contributed by atoms with Crippen molar-refractivity contribution in [1.29, 1.82) is 0 Å². The smallest absolute Gasteiger partial charge is 0.0981 e. The summed E-state index contributed by atoms with van der Waals surface area (Å²) in [7, 11) is 6.41. The van der Waals surface area contributed by atoms with Crippen LogP contribution in [0.5, 0.6) is 0 Å². The second-order valence-electron chi connectivity index (χ2n) is 3.26. The lowest BCUT2D eigenvalue weighted by Crippen LogP contribution is -3.00. The summed E-state index contributed by atoms with van der Waals surface area (Å²) in [6, 6.07) is 0. The average Bonchev–Trinajstić information content (AvgIpc) is 1.59. The lowest BCUT2D eigenvalue weighted by atomic mass is 10.4. The molecule has 0 heterocycles. The number of allylic oxidation sites excluding steroid dienone is 1. The predicted molar refractivity (Wildman–Crippen MR) is 42.5 cm³/mol. The number of halogens is 2. The van der Waals surface area contributed by atoms with Gasteiger partial charge in [-0.1, -0.05) is 11.6 Å². The van der Waals surface area contributed by atoms with Gasteiger partial charge in [-0.2, -0.15) is 0 Å². The summed E-state index contributed by atoms with van der Waals surface area (Å²) in [6.45, 7) is 2.90. The summed E-state index contributed by atoms with van der Waals surface area (Å²) >= 11 is 5.63. The van der Waals surface area contributed by atoms with Crippen LogP contribution >= 0.6 is 11.6 Å². The van der Waals surface area contributed by atoms with Gasteiger partial charge in [-0.15, -0.1) is 0 Å². The minimum Gasteiger partial charge on any atom is -1.00 e. The summed E-state index contributed by atoms with van der Waals surface area (Å²) in [6.07, 6.45) is 2.03. The van der Waals surface area contributed by atoms with Crippen LogP contribution in [-0.2, 0) is 0 Å². The lowest BCUT2D eigenvalue weighted by Gasteiger charge is -2.21. The predicted octanol–water partition coefficient (Wildman–Crippen LogP) is -1.16. The van der Waals surface area contributed by atoms with E-state index in [4.69, 9.17) is 11.6 Å². The molecule has 0 unspecified atom stereocenters. The normalized spacial score (nSPS) is 12.7. The van der Waals surface area contributed by atoms with Crippen LogP contribution < -0.4 is 12.4 Å². The number of quaternary nitrogens is 1. The van der Waals surface area contributed by atoms with Crippen molar-refractivity contribution in [1.82, 2.24) is 0 Å². The molecular formula is C7H15Cl2N. The number of hydrogen-bond acceptors (Lipinski definition) is 0. The van der Waals surface area contributed by atoms with Crippen LogP contribution in [0.3, 0.4) is 0 Å². The van der Waals surface area contributed by atoms with Crippen molar-refractivity contribution in [2.24, 2.45) is 0 Å². The number of rotatable bonds is 2. The molecule has 0 N–H and O–H groups in total. The Morgan fingerprint density at radius 1 is 1.40 bits per heavy atom. The first-order valence-electron chi connectivity index (χ1n) is 3.04. The molecule has 0 spiro atoms. The molecule has 0 rings (SSSR count). The van der Waals surface area contributed by atoms with E-state index < -0.39 is 0 Å². The lowest BCUT2D eigenvalue weighted by molar-refractivity contribution is -0.864. The van der Waals surface area contributed by atoms with Crippen LogP contribution in [0.25, 0.3) is 0 Å². The topological polar surface area (TPSA) is 0 Å². The second-order valence-corrected chi connectivity index (χ2v) is 3.86. The van der Waals surface area contributed by atoms with Crippen LogP contribution in [0, 0.1) is 0 Å². The Hall–Kier alpha value is 0.280. The molecule has 0 saturated heterocycles. The zero-order valence-electron chi connectivity index (χ0n) is 6.99. The van der Waals surface area contributed by atoms with Crippen LogP contribution in [-0.4, -0.2) is 32.2 Å². The molecule has 0 atom stereocenters. The first-order chi connectivity index (χ1) is 3.92. The maximum absolute atomic E-state index is 5.63. The second kappa shape index (κ2) is 5.00. The van der Waals surface area contributed by atoms with E-state index in [1.807, 2.05) is 13.0 Å². The molecule has 10 heavy (non-hydrogen) atoms. The van der Waals surface area contributed by atoms with E-state index in [9.17, 15) is 0 Å². The maximum atomic E-state index is 5.63. The Morgan fingerprint density at radius 3 is 1.90 bits per heavy atom. The Balaban J connectivity index is 0. The van der Waals surface area contributed by atoms with Gasteiger partial charge in [0.1, 0.15) is 0 Å². The highest BCUT2D eigenvalue weighted by molar-refractivity contribution is 6.29. The van der Waals surface area contributed by atoms with Gasteiger partial charge in [0.25, 0.3) is 0 Å². The van der Waals surface area contributed by atoms with Crippen LogP contribution in [0.1, 0.15) is 6.92 Å². The Kier molecular flexibility index (Phi) is 6.46. The van der Waals surface area contributed by atoms with E-state index in [2.05, 4.69) is 21.1 Å². The Labute approximate surface area is 74.7 Å². The Morgan fingerprint density at radius 2 is 1.80 bits per heavy atom. The van der Waals surface area contributed by atoms with E-state index in [-0.39, 0.29) is 12.4 Å². The van der Waals surface area contributed by atoms with E-state index >= 15 is 0 Å². The van der Waals surface area contributed by atoms with Crippen molar-refractivity contribution >= 4 is 11.6 Å². The third-order valence-corrected chi connectivity index (χ3v) is 1.07. The van der Waals surface area contributed by atoms with E-state index in [0.717, 1.165) is 16.1 Å². The van der Waals surface area contributed by atoms with Gasteiger partial charge in [0, 0.05) is 5.03 Å². The molecule has 0 amide bonds. The quantitative estimate of drug-likeness (QED) is 0.475.